The molecule has 11 heteroatoms. The average Bonchev–Trinajstić information content (AvgIpc) is 3.87. The molecule has 1 saturated heterocycles. The topological polar surface area (TPSA) is 122 Å². The van der Waals surface area contributed by atoms with E-state index in [0.717, 1.165) is 30.2 Å². The highest BCUT2D eigenvalue weighted by Crippen LogP contribution is 2.40. The van der Waals surface area contributed by atoms with Crippen LogP contribution in [0.2, 0.25) is 0 Å². The Morgan fingerprint density at radius 3 is 2.58 bits per heavy atom. The van der Waals surface area contributed by atoms with Crippen molar-refractivity contribution in [1.82, 2.24) is 19.8 Å². The Labute approximate surface area is 264 Å². The third kappa shape index (κ3) is 7.41. The van der Waals surface area contributed by atoms with E-state index in [1.54, 1.807) is 30.2 Å². The molecule has 0 radical (unpaired) electrons. The minimum Gasteiger partial charge on any atom is -0.481 e. The summed E-state index contributed by atoms with van der Waals surface area (Å²) in [4.78, 5) is 38.2. The molecular weight excluding hydrogens is 590 g/mol. The summed E-state index contributed by atoms with van der Waals surface area (Å²) in [5, 5.41) is 2.78. The van der Waals surface area contributed by atoms with Crippen molar-refractivity contribution in [2.24, 2.45) is 0 Å². The molecule has 5 rings (SSSR count). The molecule has 1 aliphatic heterocycles. The molecule has 1 saturated carbocycles. The van der Waals surface area contributed by atoms with Gasteiger partial charge < -0.3 is 15.0 Å². The molecule has 2 aromatic heterocycles. The molecule has 0 bridgehead atoms. The fourth-order valence-electron chi connectivity index (χ4n) is 5.45. The highest BCUT2D eigenvalue weighted by atomic mass is 32.2. The van der Waals surface area contributed by atoms with E-state index in [0.29, 0.717) is 49.2 Å². The first-order valence-electron chi connectivity index (χ1n) is 14.8. The maximum Gasteiger partial charge on any atom is 0.257 e. The van der Waals surface area contributed by atoms with Gasteiger partial charge in [0.05, 0.1) is 5.69 Å². The van der Waals surface area contributed by atoms with Gasteiger partial charge >= 0.3 is 0 Å². The number of pyridine rings is 2. The number of ether oxygens (including phenoxy) is 1. The molecule has 2 amide bonds. The fraction of sp³-hybridized carbons (Fsp3) is 0.353. The number of terminal acetylenes is 1. The summed E-state index contributed by atoms with van der Waals surface area (Å²) in [5.74, 6) is 3.03. The predicted octanol–water partition coefficient (Wildman–Crippen LogP) is 4.08. The van der Waals surface area contributed by atoms with Crippen molar-refractivity contribution in [2.45, 2.75) is 49.6 Å². The van der Waals surface area contributed by atoms with Crippen LogP contribution >= 0.6 is 0 Å². The maximum absolute atomic E-state index is 13.3. The number of nitrogens with zero attached hydrogens (tertiary/aromatic N) is 4. The second kappa shape index (κ2) is 13.2. The lowest BCUT2D eigenvalue weighted by atomic mass is 10.1. The van der Waals surface area contributed by atoms with Crippen molar-refractivity contribution < 1.29 is 22.7 Å². The summed E-state index contributed by atoms with van der Waals surface area (Å²) in [7, 11) is -3.83. The molecule has 3 aromatic rings. The number of hydrogen-bond acceptors (Lipinski definition) is 8. The number of piperazine rings is 1. The summed E-state index contributed by atoms with van der Waals surface area (Å²) in [5.41, 5.74) is 3.29. The molecule has 1 aliphatic carbocycles. The van der Waals surface area contributed by atoms with Crippen LogP contribution in [-0.2, 0) is 14.6 Å². The zero-order valence-corrected chi connectivity index (χ0v) is 26.5. The van der Waals surface area contributed by atoms with Gasteiger partial charge in [-0.15, -0.1) is 6.42 Å². The zero-order valence-electron chi connectivity index (χ0n) is 25.7. The van der Waals surface area contributed by atoms with Gasteiger partial charge in [-0.1, -0.05) is 24.6 Å². The van der Waals surface area contributed by atoms with E-state index in [-0.39, 0.29) is 22.1 Å². The average molecular weight is 628 g/mol. The van der Waals surface area contributed by atoms with Gasteiger partial charge in [0.25, 0.3) is 5.91 Å². The zero-order chi connectivity index (χ0) is 32.3. The van der Waals surface area contributed by atoms with Gasteiger partial charge in [0.2, 0.25) is 5.91 Å². The van der Waals surface area contributed by atoms with Crippen LogP contribution in [-0.4, -0.2) is 78.5 Å². The van der Waals surface area contributed by atoms with Crippen molar-refractivity contribution in [3.8, 4) is 18.1 Å². The van der Waals surface area contributed by atoms with Gasteiger partial charge in [-0.05, 0) is 79.6 Å². The standard InChI is InChI=1S/C34H37N5O5S/c1-6-26-20-38(15-16-39(26)32(40)7-2)21-30(28-13-12-25(19-36-28)24-10-11-24)44-29-17-23(4)27(18-31(29)45(5,42)43)34(41)37-33-22(3)9-8-14-35-33/h1,7-9,12-14,17-19,24,26,30H,2,10-11,15-16,20-21H2,3-5H3,(H,35,37,41)/t26-,30?/m1/s1. The lowest BCUT2D eigenvalue weighted by Crippen LogP contribution is -2.55. The number of aromatic nitrogens is 2. The lowest BCUT2D eigenvalue weighted by Gasteiger charge is -2.39. The van der Waals surface area contributed by atoms with Gasteiger partial charge in [0.1, 0.15) is 22.5 Å². The molecule has 2 atom stereocenters. The minimum absolute atomic E-state index is 0.113. The Bertz CT molecular complexity index is 1760. The summed E-state index contributed by atoms with van der Waals surface area (Å²) in [6.45, 7) is 8.81. The second-order valence-corrected chi connectivity index (χ2v) is 13.6. The van der Waals surface area contributed by atoms with Crippen molar-refractivity contribution in [2.75, 3.05) is 37.8 Å². The minimum atomic E-state index is -3.83. The van der Waals surface area contributed by atoms with E-state index < -0.39 is 27.9 Å². The van der Waals surface area contributed by atoms with Crippen LogP contribution in [0, 0.1) is 26.2 Å². The molecule has 3 heterocycles. The van der Waals surface area contributed by atoms with Crippen LogP contribution in [0.3, 0.4) is 0 Å². The molecule has 1 aromatic carbocycles. The largest absolute Gasteiger partial charge is 0.481 e. The van der Waals surface area contributed by atoms with Crippen molar-refractivity contribution in [1.29, 1.82) is 0 Å². The van der Waals surface area contributed by atoms with Crippen molar-refractivity contribution in [3.63, 3.8) is 0 Å². The van der Waals surface area contributed by atoms with E-state index >= 15 is 0 Å². The summed E-state index contributed by atoms with van der Waals surface area (Å²) < 4.78 is 32.7. The molecule has 1 N–H and O–H groups in total. The van der Waals surface area contributed by atoms with Crippen molar-refractivity contribution in [3.05, 3.63) is 89.4 Å². The van der Waals surface area contributed by atoms with E-state index in [4.69, 9.17) is 16.1 Å². The monoisotopic (exact) mass is 627 g/mol. The Morgan fingerprint density at radius 1 is 1.18 bits per heavy atom. The molecular formula is C34H37N5O5S. The van der Waals surface area contributed by atoms with E-state index in [1.165, 1.54) is 12.1 Å². The number of amides is 2. The number of rotatable bonds is 10. The Morgan fingerprint density at radius 2 is 1.96 bits per heavy atom. The highest BCUT2D eigenvalue weighted by molar-refractivity contribution is 7.90. The summed E-state index contributed by atoms with van der Waals surface area (Å²) in [6, 6.07) is 10.0. The van der Waals surface area contributed by atoms with Crippen LogP contribution in [0.15, 0.2) is 66.3 Å². The first-order valence-corrected chi connectivity index (χ1v) is 16.7. The Hall–Kier alpha value is -4.53. The Balaban J connectivity index is 1.46. The van der Waals surface area contributed by atoms with Crippen LogP contribution in [0.1, 0.15) is 57.6 Å². The first kappa shape index (κ1) is 31.9. The number of carbonyl (C=O) groups is 2. The van der Waals surface area contributed by atoms with Gasteiger partial charge in [-0.25, -0.2) is 13.4 Å². The van der Waals surface area contributed by atoms with Crippen LogP contribution in [0.25, 0.3) is 0 Å². The number of aryl methyl sites for hydroxylation is 2. The molecule has 1 unspecified atom stereocenters. The van der Waals surface area contributed by atoms with Crippen molar-refractivity contribution >= 4 is 27.5 Å². The summed E-state index contributed by atoms with van der Waals surface area (Å²) in [6.07, 6.45) is 13.2. The number of nitrogens with one attached hydrogen (secondary N) is 1. The van der Waals surface area contributed by atoms with E-state index in [9.17, 15) is 18.0 Å². The fourth-order valence-corrected chi connectivity index (χ4v) is 6.26. The lowest BCUT2D eigenvalue weighted by molar-refractivity contribution is -0.129. The molecule has 2 aliphatic rings. The molecule has 10 nitrogen and oxygen atoms in total. The van der Waals surface area contributed by atoms with Crippen LogP contribution < -0.4 is 10.1 Å². The van der Waals surface area contributed by atoms with Gasteiger partial charge in [0, 0.05) is 50.4 Å². The predicted molar refractivity (Wildman–Crippen MR) is 172 cm³/mol. The molecule has 45 heavy (non-hydrogen) atoms. The van der Waals surface area contributed by atoms with Gasteiger partial charge in [-0.2, -0.15) is 0 Å². The number of hydrogen-bond donors (Lipinski definition) is 1. The number of anilines is 1. The third-order valence-electron chi connectivity index (χ3n) is 8.17. The smallest absolute Gasteiger partial charge is 0.257 e. The quantitative estimate of drug-likeness (QED) is 0.264. The molecule has 2 fully saturated rings. The maximum atomic E-state index is 13.3. The normalized spacial score (nSPS) is 17.6. The first-order chi connectivity index (χ1) is 21.5. The number of benzene rings is 1. The number of carbonyl (C=O) groups excluding carboxylic acids is 2. The van der Waals surface area contributed by atoms with Crippen LogP contribution in [0.4, 0.5) is 5.82 Å². The van der Waals surface area contributed by atoms with Gasteiger partial charge in [0.15, 0.2) is 15.9 Å². The Kier molecular flexibility index (Phi) is 9.37. The van der Waals surface area contributed by atoms with Gasteiger partial charge in [-0.3, -0.25) is 19.5 Å². The molecule has 0 spiro atoms. The highest BCUT2D eigenvalue weighted by Gasteiger charge is 2.32. The molecule has 234 valence electrons. The van der Waals surface area contributed by atoms with E-state index in [2.05, 4.69) is 27.7 Å². The summed E-state index contributed by atoms with van der Waals surface area (Å²) >= 11 is 0. The number of sulfone groups is 1. The second-order valence-electron chi connectivity index (χ2n) is 11.6. The SMILES string of the molecule is C#C[C@@H]1CN(CC(Oc2cc(C)c(C(=O)Nc3ncccc3C)cc2S(C)(=O)=O)c2ccc(C3CC3)cn2)CCN1C(=O)C=C. The van der Waals surface area contributed by atoms with Crippen LogP contribution in [0.5, 0.6) is 5.75 Å². The van der Waals surface area contributed by atoms with E-state index in [1.807, 2.05) is 31.3 Å². The third-order valence-corrected chi connectivity index (χ3v) is 9.29.